The van der Waals surface area contributed by atoms with Gasteiger partial charge in [0.15, 0.2) is 0 Å². The monoisotopic (exact) mass is 466 g/mol. The molecule has 1 radical (unpaired) electrons. The number of aryl methyl sites for hydroxylation is 1. The van der Waals surface area contributed by atoms with Crippen LogP contribution >= 0.6 is 0 Å². The Morgan fingerprint density at radius 2 is 1.45 bits per heavy atom. The van der Waals surface area contributed by atoms with Crippen LogP contribution in [0.4, 0.5) is 4.39 Å². The van der Waals surface area contributed by atoms with Crippen molar-refractivity contribution in [2.24, 2.45) is 23.7 Å². The molecule has 0 aromatic heterocycles. The maximum absolute atomic E-state index is 13.4. The van der Waals surface area contributed by atoms with Crippen LogP contribution in [-0.2, 0) is 39.1 Å². The molecule has 0 nitrogen and oxygen atoms in total. The number of benzene rings is 2. The number of rotatable bonds is 5. The molecule has 0 heterocycles. The summed E-state index contributed by atoms with van der Waals surface area (Å²) in [5, 5.41) is 0. The summed E-state index contributed by atoms with van der Waals surface area (Å²) < 4.78 is 13.4. The van der Waals surface area contributed by atoms with E-state index in [1.807, 2.05) is 6.07 Å². The Labute approximate surface area is 202 Å². The third-order valence-corrected chi connectivity index (χ3v) is 7.51. The summed E-state index contributed by atoms with van der Waals surface area (Å²) >= 11 is 0. The van der Waals surface area contributed by atoms with Gasteiger partial charge in [0.05, 0.1) is 0 Å². The Kier molecular flexibility index (Phi) is 8.93. The largest absolute Gasteiger partial charge is 0.236 e. The molecule has 2 saturated carbocycles. The van der Waals surface area contributed by atoms with E-state index in [0.717, 1.165) is 34.8 Å². The first-order valence-corrected chi connectivity index (χ1v) is 11.4. The van der Waals surface area contributed by atoms with E-state index in [-0.39, 0.29) is 38.5 Å². The summed E-state index contributed by atoms with van der Waals surface area (Å²) in [4.78, 5) is 0. The van der Waals surface area contributed by atoms with Gasteiger partial charge in [-0.25, -0.2) is 4.39 Å². The Hall–Kier alpha value is -0.526. The van der Waals surface area contributed by atoms with Crippen LogP contribution in [0.15, 0.2) is 42.5 Å². The normalized spacial score (nSPS) is 27.2. The fourth-order valence-corrected chi connectivity index (χ4v) is 5.56. The summed E-state index contributed by atoms with van der Waals surface area (Å²) in [5.41, 5.74) is 3.42. The molecule has 0 unspecified atom stereocenters. The van der Waals surface area contributed by atoms with E-state index >= 15 is 0 Å². The van der Waals surface area contributed by atoms with Gasteiger partial charge >= 0.3 is 0 Å². The number of halogens is 1. The topological polar surface area (TPSA) is 0 Å². The summed E-state index contributed by atoms with van der Waals surface area (Å²) in [7, 11) is 0. The van der Waals surface area contributed by atoms with Gasteiger partial charge in [-0.1, -0.05) is 56.9 Å². The van der Waals surface area contributed by atoms with E-state index in [9.17, 15) is 4.39 Å². The van der Waals surface area contributed by atoms with E-state index in [1.54, 1.807) is 12.1 Å². The van der Waals surface area contributed by atoms with Gasteiger partial charge in [-0.3, -0.25) is 0 Å². The van der Waals surface area contributed by atoms with E-state index in [2.05, 4.69) is 37.3 Å². The molecule has 0 bridgehead atoms. The van der Waals surface area contributed by atoms with Gasteiger partial charge in [0.25, 0.3) is 0 Å². The van der Waals surface area contributed by atoms with Crippen molar-refractivity contribution in [1.82, 2.24) is 0 Å². The SMILES string of the molecule is CC1CCC(C2CCC(CCc3ccc(-c4cc[c-]c(F)c4)cc3)CC2)CC1.[Y]. The minimum Gasteiger partial charge on any atom is -0.236 e. The molecule has 2 aliphatic rings. The Balaban J connectivity index is 0.00000240. The molecular weight excluding hydrogens is 432 g/mol. The standard InChI is InChI=1S/C27H34F.Y/c1-20-5-13-23(14-6-20)24-15-9-21(10-16-24)7-8-22-11-17-25(18-12-22)26-3-2-4-27(28)19-26;/h2-3,11-12,17-21,23-24H,5-10,13-16H2,1H3;/q-1;. The molecule has 2 aliphatic carbocycles. The molecule has 29 heavy (non-hydrogen) atoms. The summed E-state index contributed by atoms with van der Waals surface area (Å²) in [5.74, 6) is 3.65. The van der Waals surface area contributed by atoms with Gasteiger partial charge in [-0.05, 0) is 73.3 Å². The molecule has 2 fully saturated rings. The fraction of sp³-hybridized carbons (Fsp3) is 0.556. The average molecular weight is 466 g/mol. The first-order valence-electron chi connectivity index (χ1n) is 11.4. The molecule has 0 atom stereocenters. The van der Waals surface area contributed by atoms with Crippen LogP contribution in [0.3, 0.4) is 0 Å². The van der Waals surface area contributed by atoms with Crippen molar-refractivity contribution in [3.8, 4) is 11.1 Å². The smallest absolute Gasteiger partial charge is 0.0114 e. The second-order valence-corrected chi connectivity index (χ2v) is 9.46. The molecule has 2 aromatic rings. The molecule has 0 spiro atoms. The van der Waals surface area contributed by atoms with E-state index in [4.69, 9.17) is 0 Å². The van der Waals surface area contributed by atoms with Crippen molar-refractivity contribution in [2.45, 2.75) is 71.1 Å². The first kappa shape index (κ1) is 23.1. The summed E-state index contributed by atoms with van der Waals surface area (Å²) in [6, 6.07) is 16.4. The van der Waals surface area contributed by atoms with Crippen LogP contribution in [0.25, 0.3) is 11.1 Å². The second kappa shape index (κ2) is 11.2. The Morgan fingerprint density at radius 1 is 0.828 bits per heavy atom. The van der Waals surface area contributed by atoms with Crippen LogP contribution in [0.1, 0.15) is 70.3 Å². The van der Waals surface area contributed by atoms with Gasteiger partial charge in [-0.15, -0.1) is 17.7 Å². The minimum absolute atomic E-state index is 0. The maximum Gasteiger partial charge on any atom is 0.0114 e. The van der Waals surface area contributed by atoms with Gasteiger partial charge in [0.2, 0.25) is 0 Å². The van der Waals surface area contributed by atoms with Crippen molar-refractivity contribution in [2.75, 3.05) is 0 Å². The zero-order valence-electron chi connectivity index (χ0n) is 17.9. The van der Waals surface area contributed by atoms with Crippen molar-refractivity contribution < 1.29 is 37.1 Å². The summed E-state index contributed by atoms with van der Waals surface area (Å²) in [6.07, 6.45) is 14.2. The van der Waals surface area contributed by atoms with E-state index < -0.39 is 0 Å². The molecule has 2 aromatic carbocycles. The first-order chi connectivity index (χ1) is 13.7. The molecule has 4 rings (SSSR count). The molecule has 2 heteroatoms. The zero-order chi connectivity index (χ0) is 19.3. The molecule has 0 N–H and O–H groups in total. The van der Waals surface area contributed by atoms with Gasteiger partial charge in [0, 0.05) is 38.5 Å². The van der Waals surface area contributed by atoms with Crippen LogP contribution in [0.5, 0.6) is 0 Å². The van der Waals surface area contributed by atoms with Gasteiger partial charge in [0.1, 0.15) is 0 Å². The van der Waals surface area contributed by atoms with Gasteiger partial charge in [-0.2, -0.15) is 12.1 Å². The van der Waals surface area contributed by atoms with Crippen LogP contribution < -0.4 is 0 Å². The second-order valence-electron chi connectivity index (χ2n) is 9.46. The van der Waals surface area contributed by atoms with Crippen molar-refractivity contribution in [3.05, 3.63) is 59.9 Å². The molecule has 0 amide bonds. The maximum atomic E-state index is 13.4. The predicted octanol–water partition coefficient (Wildman–Crippen LogP) is 7.86. The fourth-order valence-electron chi connectivity index (χ4n) is 5.56. The van der Waals surface area contributed by atoms with Crippen molar-refractivity contribution >= 4 is 0 Å². The van der Waals surface area contributed by atoms with Crippen molar-refractivity contribution in [3.63, 3.8) is 0 Å². The minimum atomic E-state index is -0.292. The third-order valence-electron chi connectivity index (χ3n) is 7.51. The Morgan fingerprint density at radius 3 is 2.07 bits per heavy atom. The Bertz CT molecular complexity index is 737. The van der Waals surface area contributed by atoms with Crippen molar-refractivity contribution in [1.29, 1.82) is 0 Å². The van der Waals surface area contributed by atoms with E-state index in [1.165, 1.54) is 69.8 Å². The molecular formula is C27H34FY-. The molecule has 153 valence electrons. The zero-order valence-corrected chi connectivity index (χ0v) is 20.7. The molecule has 0 aliphatic heterocycles. The number of hydrogen-bond acceptors (Lipinski definition) is 0. The van der Waals surface area contributed by atoms with Crippen LogP contribution in [-0.4, -0.2) is 0 Å². The number of hydrogen-bond donors (Lipinski definition) is 0. The average Bonchev–Trinajstić information content (AvgIpc) is 2.74. The van der Waals surface area contributed by atoms with E-state index in [0.29, 0.717) is 0 Å². The third kappa shape index (κ3) is 6.47. The summed E-state index contributed by atoms with van der Waals surface area (Å²) in [6.45, 7) is 2.43. The van der Waals surface area contributed by atoms with Crippen LogP contribution in [0, 0.1) is 35.6 Å². The van der Waals surface area contributed by atoms with Crippen LogP contribution in [0.2, 0.25) is 0 Å². The predicted molar refractivity (Wildman–Crippen MR) is 116 cm³/mol. The van der Waals surface area contributed by atoms with Gasteiger partial charge < -0.3 is 0 Å². The quantitative estimate of drug-likeness (QED) is 0.394. The molecule has 0 saturated heterocycles.